The number of hydrazone groups is 1. The maximum absolute atomic E-state index is 13.1. The van der Waals surface area contributed by atoms with Gasteiger partial charge in [-0.2, -0.15) is 10.1 Å². The van der Waals surface area contributed by atoms with Crippen molar-refractivity contribution in [2.75, 3.05) is 7.11 Å². The minimum absolute atomic E-state index is 0.0103. The number of halogens is 1. The van der Waals surface area contributed by atoms with E-state index in [-0.39, 0.29) is 47.8 Å². The second-order valence-corrected chi connectivity index (χ2v) is 10.5. The lowest BCUT2D eigenvalue weighted by Crippen LogP contribution is -2.40. The van der Waals surface area contributed by atoms with Crippen LogP contribution in [0.5, 0.6) is 11.5 Å². The van der Waals surface area contributed by atoms with Crippen molar-refractivity contribution in [1.29, 1.82) is 0 Å². The molecule has 36 heavy (non-hydrogen) atoms. The molecular weight excluding hydrogens is 530 g/mol. The molecule has 6 atom stereocenters. The number of nitro benzene ring substituents is 1. The fourth-order valence-electron chi connectivity index (χ4n) is 6.00. The average Bonchev–Trinajstić information content (AvgIpc) is 3.66. The molecule has 0 spiro atoms. The topological polar surface area (TPSA) is 111 Å². The van der Waals surface area contributed by atoms with Gasteiger partial charge in [-0.05, 0) is 81.4 Å². The van der Waals surface area contributed by atoms with Crippen molar-refractivity contribution in [2.45, 2.75) is 13.0 Å². The van der Waals surface area contributed by atoms with Crippen LogP contribution in [0, 0.1) is 45.6 Å². The number of non-ortho nitro benzene ring substituents is 1. The third-order valence-electron chi connectivity index (χ3n) is 7.74. The number of carbonyl (C=O) groups excluding carboxylic acids is 2. The van der Waals surface area contributed by atoms with E-state index in [1.54, 1.807) is 24.3 Å². The lowest BCUT2D eigenvalue weighted by molar-refractivity contribution is -0.384. The quantitative estimate of drug-likeness (QED) is 0.166. The second-order valence-electron chi connectivity index (χ2n) is 9.63. The Balaban J connectivity index is 1.18. The Morgan fingerprint density at radius 3 is 2.33 bits per heavy atom. The van der Waals surface area contributed by atoms with E-state index >= 15 is 0 Å². The first-order valence-electron chi connectivity index (χ1n) is 11.7. The van der Waals surface area contributed by atoms with E-state index in [2.05, 4.69) is 33.2 Å². The van der Waals surface area contributed by atoms with Crippen molar-refractivity contribution in [1.82, 2.24) is 5.01 Å². The van der Waals surface area contributed by atoms with E-state index in [9.17, 15) is 19.7 Å². The van der Waals surface area contributed by atoms with Gasteiger partial charge in [0.25, 0.3) is 17.5 Å². The number of hydrogen-bond donors (Lipinski definition) is 0. The van der Waals surface area contributed by atoms with E-state index < -0.39 is 4.92 Å². The number of ether oxygens (including phenoxy) is 2. The zero-order valence-electron chi connectivity index (χ0n) is 19.2. The van der Waals surface area contributed by atoms with Crippen molar-refractivity contribution in [3.63, 3.8) is 0 Å². The molecule has 0 aromatic heterocycles. The van der Waals surface area contributed by atoms with Crippen LogP contribution in [0.1, 0.15) is 17.5 Å². The number of allylic oxidation sites excluding steroid dienone is 2. The van der Waals surface area contributed by atoms with Gasteiger partial charge >= 0.3 is 0 Å². The molecule has 2 bridgehead atoms. The Bertz CT molecular complexity index is 1300. The summed E-state index contributed by atoms with van der Waals surface area (Å²) in [5.41, 5.74) is 1.39. The van der Waals surface area contributed by atoms with Gasteiger partial charge in [-0.3, -0.25) is 19.7 Å². The van der Waals surface area contributed by atoms with Gasteiger partial charge < -0.3 is 9.47 Å². The predicted molar refractivity (Wildman–Crippen MR) is 132 cm³/mol. The normalized spacial score (nSPS) is 29.4. The van der Waals surface area contributed by atoms with E-state index in [0.717, 1.165) is 17.0 Å². The molecular formula is C26H22BrN3O6. The molecule has 1 saturated heterocycles. The minimum atomic E-state index is -0.453. The summed E-state index contributed by atoms with van der Waals surface area (Å²) >= 11 is 3.49. The van der Waals surface area contributed by atoms with Crippen LogP contribution < -0.4 is 9.47 Å². The first kappa shape index (κ1) is 22.9. The molecule has 7 rings (SSSR count). The van der Waals surface area contributed by atoms with E-state index in [0.29, 0.717) is 33.4 Å². The molecule has 3 fully saturated rings. The van der Waals surface area contributed by atoms with Crippen LogP contribution >= 0.6 is 15.9 Å². The largest absolute Gasteiger partial charge is 0.493 e. The fraction of sp³-hybridized carbons (Fsp3) is 0.346. The summed E-state index contributed by atoms with van der Waals surface area (Å²) in [7, 11) is 1.51. The van der Waals surface area contributed by atoms with Crippen molar-refractivity contribution < 1.29 is 24.0 Å². The summed E-state index contributed by atoms with van der Waals surface area (Å²) in [5, 5.41) is 16.2. The smallest absolute Gasteiger partial charge is 0.269 e. The molecule has 2 amide bonds. The van der Waals surface area contributed by atoms with Crippen LogP contribution in [0.4, 0.5) is 5.69 Å². The molecule has 4 aliphatic carbocycles. The number of rotatable bonds is 7. The highest BCUT2D eigenvalue weighted by molar-refractivity contribution is 9.10. The Hall–Kier alpha value is -3.53. The molecule has 0 radical (unpaired) electrons. The van der Waals surface area contributed by atoms with Gasteiger partial charge in [0.2, 0.25) is 0 Å². The zero-order valence-corrected chi connectivity index (χ0v) is 20.8. The first-order chi connectivity index (χ1) is 17.4. The standard InChI is InChI=1S/C26H22BrN3O6/c1-35-21-9-14(8-20(27)24(21)36-12-13-2-4-15(5-3-13)30(33)34)11-28-29-25(31)22-16-6-7-17(19-10-18(16)19)23(22)26(29)32/h2-9,11,16-19,22-23H,10,12H2,1H3/t16-,17-,18-,19+,22-,23+/m0/s1. The minimum Gasteiger partial charge on any atom is -0.493 e. The summed E-state index contributed by atoms with van der Waals surface area (Å²) in [6, 6.07) is 9.57. The zero-order chi connectivity index (χ0) is 25.1. The highest BCUT2D eigenvalue weighted by Crippen LogP contribution is 2.65. The summed E-state index contributed by atoms with van der Waals surface area (Å²) in [4.78, 5) is 36.6. The first-order valence-corrected chi connectivity index (χ1v) is 12.5. The molecule has 0 N–H and O–H groups in total. The van der Waals surface area contributed by atoms with Gasteiger partial charge in [0.15, 0.2) is 11.5 Å². The average molecular weight is 552 g/mol. The fourth-order valence-corrected chi connectivity index (χ4v) is 6.58. The lowest BCUT2D eigenvalue weighted by Gasteiger charge is -2.37. The Morgan fingerprint density at radius 1 is 1.11 bits per heavy atom. The van der Waals surface area contributed by atoms with Gasteiger partial charge in [0.05, 0.1) is 34.6 Å². The Kier molecular flexibility index (Phi) is 5.44. The van der Waals surface area contributed by atoms with Crippen LogP contribution in [0.25, 0.3) is 0 Å². The van der Waals surface area contributed by atoms with Gasteiger partial charge in [-0.1, -0.05) is 12.2 Å². The highest BCUT2D eigenvalue weighted by atomic mass is 79.9. The number of carbonyl (C=O) groups is 2. The van der Waals surface area contributed by atoms with E-state index in [1.165, 1.54) is 25.5 Å². The number of nitrogens with zero attached hydrogens (tertiary/aromatic N) is 3. The van der Waals surface area contributed by atoms with Crippen molar-refractivity contribution in [3.8, 4) is 11.5 Å². The molecule has 5 aliphatic rings. The van der Waals surface area contributed by atoms with Crippen molar-refractivity contribution in [3.05, 3.63) is 74.3 Å². The SMILES string of the molecule is COc1cc(C=NN2C(=O)[C@@H]3[C@H]4C=C[C@@H]([C@@H]5C[C@H]45)[C@@H]3C2=O)cc(Br)c1OCc1ccc([N+](=O)[O-])cc1. The van der Waals surface area contributed by atoms with Crippen molar-refractivity contribution >= 4 is 39.6 Å². The van der Waals surface area contributed by atoms with E-state index in [1.807, 2.05) is 0 Å². The number of nitro groups is 1. The molecule has 2 aromatic carbocycles. The number of methoxy groups -OCH3 is 1. The number of benzene rings is 2. The number of imide groups is 1. The summed E-state index contributed by atoms with van der Waals surface area (Å²) in [5.74, 6) is 1.29. The number of hydrogen-bond acceptors (Lipinski definition) is 7. The molecule has 1 heterocycles. The van der Waals surface area contributed by atoms with Gasteiger partial charge in [-0.25, -0.2) is 0 Å². The molecule has 2 saturated carbocycles. The van der Waals surface area contributed by atoms with Crippen LogP contribution in [-0.4, -0.2) is 35.1 Å². The predicted octanol–water partition coefficient (Wildman–Crippen LogP) is 4.33. The van der Waals surface area contributed by atoms with E-state index in [4.69, 9.17) is 9.47 Å². The second kappa shape index (κ2) is 8.55. The van der Waals surface area contributed by atoms with Gasteiger partial charge in [0.1, 0.15) is 6.61 Å². The van der Waals surface area contributed by atoms with Crippen LogP contribution in [0.3, 0.4) is 0 Å². The van der Waals surface area contributed by atoms with Crippen molar-refractivity contribution in [2.24, 2.45) is 40.6 Å². The van der Waals surface area contributed by atoms with Crippen LogP contribution in [0.15, 0.2) is 58.1 Å². The Morgan fingerprint density at radius 2 is 1.75 bits per heavy atom. The van der Waals surface area contributed by atoms with Gasteiger partial charge in [-0.15, -0.1) is 0 Å². The molecule has 9 nitrogen and oxygen atoms in total. The third kappa shape index (κ3) is 3.62. The maximum atomic E-state index is 13.1. The van der Waals surface area contributed by atoms with Crippen LogP contribution in [0.2, 0.25) is 0 Å². The molecule has 1 aliphatic heterocycles. The molecule has 0 unspecified atom stereocenters. The number of amides is 2. The Labute approximate surface area is 215 Å². The summed E-state index contributed by atoms with van der Waals surface area (Å²) < 4.78 is 12.0. The third-order valence-corrected chi connectivity index (χ3v) is 8.33. The van der Waals surface area contributed by atoms with Gasteiger partial charge in [0, 0.05) is 12.1 Å². The monoisotopic (exact) mass is 551 g/mol. The molecule has 2 aromatic rings. The van der Waals surface area contributed by atoms with Crippen LogP contribution in [-0.2, 0) is 16.2 Å². The highest BCUT2D eigenvalue weighted by Gasteiger charge is 2.67. The lowest BCUT2D eigenvalue weighted by atomic mass is 9.63. The maximum Gasteiger partial charge on any atom is 0.269 e. The summed E-state index contributed by atoms with van der Waals surface area (Å²) in [6.07, 6.45) is 6.87. The molecule has 10 heteroatoms. The summed E-state index contributed by atoms with van der Waals surface area (Å²) in [6.45, 7) is 0.179. The molecule has 184 valence electrons.